The molecule has 1 atom stereocenters. The van der Waals surface area contributed by atoms with Crippen molar-refractivity contribution in [3.8, 4) is 21.8 Å². The van der Waals surface area contributed by atoms with E-state index in [1.165, 1.54) is 28.4 Å². The number of benzene rings is 1. The smallest absolute Gasteiger partial charge is 0.281 e. The van der Waals surface area contributed by atoms with Crippen molar-refractivity contribution in [1.82, 2.24) is 29.6 Å². The predicted molar refractivity (Wildman–Crippen MR) is 116 cm³/mol. The predicted octanol–water partition coefficient (Wildman–Crippen LogP) is 4.23. The van der Waals surface area contributed by atoms with Crippen LogP contribution in [-0.4, -0.2) is 36.3 Å². The van der Waals surface area contributed by atoms with Crippen molar-refractivity contribution in [2.24, 2.45) is 7.05 Å². The van der Waals surface area contributed by atoms with Crippen molar-refractivity contribution in [2.45, 2.75) is 31.9 Å². The molecule has 0 aliphatic carbocycles. The highest BCUT2D eigenvalue weighted by atomic mass is 32.1. The zero-order chi connectivity index (χ0) is 23.1. The van der Waals surface area contributed by atoms with Gasteiger partial charge >= 0.3 is 0 Å². The summed E-state index contributed by atoms with van der Waals surface area (Å²) in [6, 6.07) is 6.11. The molecular weight excluding hydrogens is 453 g/mol. The van der Waals surface area contributed by atoms with Crippen LogP contribution in [0.15, 0.2) is 42.0 Å². The molecule has 4 aromatic rings. The first kappa shape index (κ1) is 21.4. The molecule has 5 rings (SSSR count). The second kappa shape index (κ2) is 8.47. The number of carbonyl (C=O) groups is 1. The van der Waals surface area contributed by atoms with Gasteiger partial charge in [-0.2, -0.15) is 5.10 Å². The van der Waals surface area contributed by atoms with Crippen LogP contribution in [0.1, 0.15) is 34.9 Å². The maximum atomic E-state index is 13.6. The lowest BCUT2D eigenvalue weighted by atomic mass is 10.1. The minimum atomic E-state index is -2.67. The number of alkyl halides is 2. The molecule has 0 saturated heterocycles. The van der Waals surface area contributed by atoms with E-state index in [2.05, 4.69) is 20.4 Å². The number of thiazole rings is 1. The van der Waals surface area contributed by atoms with Gasteiger partial charge in [0.05, 0.1) is 17.5 Å². The van der Waals surface area contributed by atoms with E-state index < -0.39 is 6.43 Å². The van der Waals surface area contributed by atoms with Gasteiger partial charge in [0.15, 0.2) is 0 Å². The van der Waals surface area contributed by atoms with Gasteiger partial charge in [-0.3, -0.25) is 9.48 Å². The quantitative estimate of drug-likeness (QED) is 0.472. The standard InChI is InChI=1S/C22H19F3N6OS/c1-30-19(15(9-26-30)22-29-17(11-33-22)20(24)25)21(32)27-14-5-6-31-10-16(28-18(31)8-14)12-3-2-4-13(23)7-12/h2-4,7,9-11,14,20H,5-6,8H2,1H3,(H,27,32). The highest BCUT2D eigenvalue weighted by Gasteiger charge is 2.27. The molecule has 1 aliphatic rings. The molecule has 0 spiro atoms. The SMILES string of the molecule is Cn1ncc(-c2nc(C(F)F)cs2)c1C(=O)NC1CCn2cc(-c3cccc(F)c3)nc2C1. The van der Waals surface area contributed by atoms with Crippen LogP contribution >= 0.6 is 11.3 Å². The number of aromatic nitrogens is 5. The fourth-order valence-electron chi connectivity index (χ4n) is 3.97. The minimum Gasteiger partial charge on any atom is -0.347 e. The Morgan fingerprint density at radius 1 is 1.30 bits per heavy atom. The Morgan fingerprint density at radius 3 is 2.91 bits per heavy atom. The van der Waals surface area contributed by atoms with Crippen LogP contribution in [0.5, 0.6) is 0 Å². The number of hydrogen-bond acceptors (Lipinski definition) is 5. The Morgan fingerprint density at radius 2 is 2.15 bits per heavy atom. The van der Waals surface area contributed by atoms with Gasteiger partial charge < -0.3 is 9.88 Å². The van der Waals surface area contributed by atoms with Gasteiger partial charge in [0.2, 0.25) is 0 Å². The molecular formula is C22H19F3N6OS. The molecule has 1 aliphatic heterocycles. The van der Waals surface area contributed by atoms with E-state index in [4.69, 9.17) is 0 Å². The monoisotopic (exact) mass is 472 g/mol. The van der Waals surface area contributed by atoms with Gasteiger partial charge in [-0.05, 0) is 18.6 Å². The van der Waals surface area contributed by atoms with E-state index in [9.17, 15) is 18.0 Å². The summed E-state index contributed by atoms with van der Waals surface area (Å²) in [6.45, 7) is 0.658. The molecule has 1 unspecified atom stereocenters. The first-order valence-corrected chi connectivity index (χ1v) is 11.2. The summed E-state index contributed by atoms with van der Waals surface area (Å²) < 4.78 is 42.9. The molecule has 0 saturated carbocycles. The van der Waals surface area contributed by atoms with Gasteiger partial charge in [-0.25, -0.2) is 23.1 Å². The van der Waals surface area contributed by atoms with Gasteiger partial charge in [0, 0.05) is 43.2 Å². The van der Waals surface area contributed by atoms with Crippen molar-refractivity contribution in [2.75, 3.05) is 0 Å². The van der Waals surface area contributed by atoms with E-state index in [0.717, 1.165) is 17.2 Å². The lowest BCUT2D eigenvalue weighted by molar-refractivity contribution is 0.0921. The number of fused-ring (bicyclic) bond motifs is 1. The molecule has 170 valence electrons. The fraction of sp³-hybridized carbons (Fsp3) is 0.273. The van der Waals surface area contributed by atoms with Crippen LogP contribution in [0.4, 0.5) is 13.2 Å². The van der Waals surface area contributed by atoms with E-state index in [-0.39, 0.29) is 29.2 Å². The Balaban J connectivity index is 1.33. The van der Waals surface area contributed by atoms with Crippen LogP contribution in [0.25, 0.3) is 21.8 Å². The first-order chi connectivity index (χ1) is 15.9. The maximum Gasteiger partial charge on any atom is 0.281 e. The number of hydrogen-bond donors (Lipinski definition) is 1. The largest absolute Gasteiger partial charge is 0.347 e. The molecule has 3 aromatic heterocycles. The highest BCUT2D eigenvalue weighted by molar-refractivity contribution is 7.13. The van der Waals surface area contributed by atoms with Gasteiger partial charge in [-0.15, -0.1) is 11.3 Å². The third-order valence-electron chi connectivity index (χ3n) is 5.59. The summed E-state index contributed by atoms with van der Waals surface area (Å²) in [7, 11) is 1.62. The number of nitrogens with one attached hydrogen (secondary N) is 1. The molecule has 11 heteroatoms. The minimum absolute atomic E-state index is 0.163. The fourth-order valence-corrected chi connectivity index (χ4v) is 4.79. The molecule has 33 heavy (non-hydrogen) atoms. The van der Waals surface area contributed by atoms with E-state index >= 15 is 0 Å². The summed E-state index contributed by atoms with van der Waals surface area (Å²) in [5.74, 6) is 0.128. The van der Waals surface area contributed by atoms with Crippen molar-refractivity contribution in [3.63, 3.8) is 0 Å². The molecule has 0 fully saturated rings. The molecule has 7 nitrogen and oxygen atoms in total. The molecule has 1 amide bonds. The number of aryl methyl sites for hydroxylation is 2. The number of amides is 1. The molecule has 0 radical (unpaired) electrons. The van der Waals surface area contributed by atoms with Crippen molar-refractivity contribution in [3.05, 3.63) is 65.1 Å². The summed E-state index contributed by atoms with van der Waals surface area (Å²) in [6.07, 6.45) is 1.89. The Kier molecular flexibility index (Phi) is 5.49. The molecule has 1 aromatic carbocycles. The maximum absolute atomic E-state index is 13.6. The second-order valence-electron chi connectivity index (χ2n) is 7.82. The Labute approximate surface area is 190 Å². The second-order valence-corrected chi connectivity index (χ2v) is 8.68. The molecule has 4 heterocycles. The highest BCUT2D eigenvalue weighted by Crippen LogP contribution is 2.30. The average Bonchev–Trinajstić information content (AvgIpc) is 3.51. The topological polar surface area (TPSA) is 77.6 Å². The average molecular weight is 472 g/mol. The normalized spacial score (nSPS) is 15.6. The third-order valence-corrected chi connectivity index (χ3v) is 6.49. The number of halogens is 3. The summed E-state index contributed by atoms with van der Waals surface area (Å²) in [5.41, 5.74) is 1.74. The third kappa shape index (κ3) is 4.15. The number of nitrogens with zero attached hydrogens (tertiary/aromatic N) is 5. The van der Waals surface area contributed by atoms with Crippen LogP contribution in [0, 0.1) is 5.82 Å². The van der Waals surface area contributed by atoms with Crippen LogP contribution < -0.4 is 5.32 Å². The summed E-state index contributed by atoms with van der Waals surface area (Å²) in [4.78, 5) is 21.7. The van der Waals surface area contributed by atoms with Crippen molar-refractivity contribution < 1.29 is 18.0 Å². The lowest BCUT2D eigenvalue weighted by Crippen LogP contribution is -2.41. The number of carbonyl (C=O) groups excluding carboxylic acids is 1. The summed E-state index contributed by atoms with van der Waals surface area (Å²) in [5, 5.41) is 8.75. The van der Waals surface area contributed by atoms with Crippen LogP contribution in [0.2, 0.25) is 0 Å². The first-order valence-electron chi connectivity index (χ1n) is 10.3. The lowest BCUT2D eigenvalue weighted by Gasteiger charge is -2.24. The van der Waals surface area contributed by atoms with E-state index in [1.807, 2.05) is 10.8 Å². The van der Waals surface area contributed by atoms with Gasteiger partial charge in [0.25, 0.3) is 12.3 Å². The van der Waals surface area contributed by atoms with Crippen molar-refractivity contribution in [1.29, 1.82) is 0 Å². The van der Waals surface area contributed by atoms with Crippen LogP contribution in [-0.2, 0) is 20.0 Å². The van der Waals surface area contributed by atoms with E-state index in [0.29, 0.717) is 41.2 Å². The van der Waals surface area contributed by atoms with E-state index in [1.54, 1.807) is 19.2 Å². The van der Waals surface area contributed by atoms with Gasteiger partial charge in [0.1, 0.15) is 28.0 Å². The zero-order valence-electron chi connectivity index (χ0n) is 17.5. The van der Waals surface area contributed by atoms with Crippen molar-refractivity contribution >= 4 is 17.2 Å². The van der Waals surface area contributed by atoms with Crippen LogP contribution in [0.3, 0.4) is 0 Å². The number of imidazole rings is 1. The molecule has 1 N–H and O–H groups in total. The zero-order valence-corrected chi connectivity index (χ0v) is 18.3. The number of rotatable bonds is 5. The Hall–Kier alpha value is -3.47. The molecule has 0 bridgehead atoms. The van der Waals surface area contributed by atoms with Gasteiger partial charge in [-0.1, -0.05) is 12.1 Å². The summed E-state index contributed by atoms with van der Waals surface area (Å²) >= 11 is 1.05. The Bertz CT molecular complexity index is 1330.